The van der Waals surface area contributed by atoms with E-state index < -0.39 is 5.97 Å². The molecule has 3 aromatic carbocycles. The molecule has 0 spiro atoms. The average molecular weight is 507 g/mol. The number of rotatable bonds is 10. The second kappa shape index (κ2) is 11.7. The first-order valence-electron chi connectivity index (χ1n) is 11.9. The highest BCUT2D eigenvalue weighted by Crippen LogP contribution is 2.35. The quantitative estimate of drug-likeness (QED) is 0.293. The van der Waals surface area contributed by atoms with Crippen LogP contribution in [0.5, 0.6) is 28.7 Å². The fraction of sp³-hybridized carbons (Fsp3) is 0.310. The highest BCUT2D eigenvalue weighted by Gasteiger charge is 2.37. The van der Waals surface area contributed by atoms with E-state index in [-0.39, 0.29) is 17.8 Å². The summed E-state index contributed by atoms with van der Waals surface area (Å²) in [5.74, 6) is 1.60. The van der Waals surface area contributed by atoms with Crippen LogP contribution in [0.2, 0.25) is 0 Å². The topological polar surface area (TPSA) is 89.5 Å². The minimum Gasteiger partial charge on any atom is -0.497 e. The van der Waals surface area contributed by atoms with E-state index in [1.165, 1.54) is 7.11 Å². The summed E-state index contributed by atoms with van der Waals surface area (Å²) in [4.78, 5) is 25.2. The molecule has 1 saturated heterocycles. The van der Waals surface area contributed by atoms with Crippen molar-refractivity contribution in [3.8, 4) is 28.7 Å². The van der Waals surface area contributed by atoms with Gasteiger partial charge in [-0.25, -0.2) is 4.79 Å². The summed E-state index contributed by atoms with van der Waals surface area (Å²) in [7, 11) is 6.26. The molecule has 0 bridgehead atoms. The number of carbonyl (C=O) groups is 2. The van der Waals surface area contributed by atoms with Crippen LogP contribution in [-0.2, 0) is 22.4 Å². The van der Waals surface area contributed by atoms with Crippen molar-refractivity contribution >= 4 is 11.9 Å². The molecule has 3 aromatic rings. The van der Waals surface area contributed by atoms with Crippen LogP contribution < -0.4 is 23.7 Å². The number of hydrogen-bond acceptors (Lipinski definition) is 8. The maximum atomic E-state index is 12.6. The first-order chi connectivity index (χ1) is 17.9. The first kappa shape index (κ1) is 25.9. The lowest BCUT2D eigenvalue weighted by Gasteiger charge is -2.17. The molecule has 194 valence electrons. The lowest BCUT2D eigenvalue weighted by Crippen LogP contribution is -2.20. The van der Waals surface area contributed by atoms with Crippen LogP contribution in [0.3, 0.4) is 0 Å². The number of methoxy groups -OCH3 is 4. The van der Waals surface area contributed by atoms with Gasteiger partial charge in [-0.1, -0.05) is 12.1 Å². The molecule has 4 rings (SSSR count). The number of ether oxygens (including phenoxy) is 6. The molecule has 0 N–H and O–H groups in total. The number of esters is 2. The largest absolute Gasteiger partial charge is 0.497 e. The third-order valence-electron chi connectivity index (χ3n) is 6.47. The zero-order valence-electron chi connectivity index (χ0n) is 21.3. The minimum atomic E-state index is -0.511. The Bertz CT molecular complexity index is 1250. The smallest absolute Gasteiger partial charge is 0.343 e. The normalized spacial score (nSPS) is 16.6. The molecule has 0 aromatic heterocycles. The molecule has 0 amide bonds. The molecule has 2 atom stereocenters. The predicted octanol–water partition coefficient (Wildman–Crippen LogP) is 4.51. The van der Waals surface area contributed by atoms with Crippen LogP contribution in [0.25, 0.3) is 0 Å². The monoisotopic (exact) mass is 506 g/mol. The molecule has 0 unspecified atom stereocenters. The van der Waals surface area contributed by atoms with Gasteiger partial charge in [0.05, 0.1) is 46.5 Å². The fourth-order valence-corrected chi connectivity index (χ4v) is 4.43. The van der Waals surface area contributed by atoms with E-state index in [0.717, 1.165) is 11.1 Å². The molecule has 1 aliphatic heterocycles. The van der Waals surface area contributed by atoms with Gasteiger partial charge in [-0.3, -0.25) is 4.79 Å². The van der Waals surface area contributed by atoms with Gasteiger partial charge in [0.15, 0.2) is 23.0 Å². The van der Waals surface area contributed by atoms with Gasteiger partial charge in [0, 0.05) is 5.92 Å². The summed E-state index contributed by atoms with van der Waals surface area (Å²) < 4.78 is 32.3. The van der Waals surface area contributed by atoms with Crippen molar-refractivity contribution in [3.05, 3.63) is 77.4 Å². The number of hydrogen-bond donors (Lipinski definition) is 0. The Morgan fingerprint density at radius 1 is 0.757 bits per heavy atom. The molecule has 0 saturated carbocycles. The van der Waals surface area contributed by atoms with Crippen molar-refractivity contribution in [2.45, 2.75) is 12.8 Å². The Morgan fingerprint density at radius 3 is 1.97 bits per heavy atom. The van der Waals surface area contributed by atoms with E-state index in [2.05, 4.69) is 0 Å². The van der Waals surface area contributed by atoms with Gasteiger partial charge >= 0.3 is 11.9 Å². The molecule has 1 aliphatic rings. The van der Waals surface area contributed by atoms with E-state index in [9.17, 15) is 9.59 Å². The maximum absolute atomic E-state index is 12.6. The van der Waals surface area contributed by atoms with Crippen molar-refractivity contribution in [1.82, 2.24) is 0 Å². The Kier molecular flexibility index (Phi) is 8.18. The highest BCUT2D eigenvalue weighted by molar-refractivity contribution is 5.91. The molecule has 8 nitrogen and oxygen atoms in total. The molecular formula is C29H30O8. The second-order valence-electron chi connectivity index (χ2n) is 8.70. The minimum absolute atomic E-state index is 0.00386. The van der Waals surface area contributed by atoms with E-state index in [1.54, 1.807) is 57.7 Å². The van der Waals surface area contributed by atoms with E-state index in [0.29, 0.717) is 53.8 Å². The lowest BCUT2D eigenvalue weighted by molar-refractivity contribution is -0.141. The van der Waals surface area contributed by atoms with Crippen molar-refractivity contribution in [2.24, 2.45) is 11.8 Å². The molecule has 1 heterocycles. The van der Waals surface area contributed by atoms with Crippen LogP contribution in [0.15, 0.2) is 60.7 Å². The zero-order valence-corrected chi connectivity index (χ0v) is 21.3. The molecular weight excluding hydrogens is 476 g/mol. The van der Waals surface area contributed by atoms with Gasteiger partial charge in [-0.05, 0) is 72.5 Å². The van der Waals surface area contributed by atoms with Gasteiger partial charge in [-0.15, -0.1) is 0 Å². The zero-order chi connectivity index (χ0) is 26.4. The van der Waals surface area contributed by atoms with Crippen molar-refractivity contribution in [2.75, 3.05) is 35.0 Å². The Morgan fingerprint density at radius 2 is 1.35 bits per heavy atom. The molecule has 0 radical (unpaired) electrons. The SMILES string of the molecule is COc1ccc(C(=O)Oc2ccc(C[C@H]3C(=O)OC[C@@H]3Cc3ccc(OC)c(OC)c3)cc2OC)cc1. The van der Waals surface area contributed by atoms with E-state index in [4.69, 9.17) is 28.4 Å². The van der Waals surface area contributed by atoms with Gasteiger partial charge in [-0.2, -0.15) is 0 Å². The van der Waals surface area contributed by atoms with Crippen LogP contribution in [-0.4, -0.2) is 47.0 Å². The van der Waals surface area contributed by atoms with Crippen molar-refractivity contribution in [3.63, 3.8) is 0 Å². The summed E-state index contributed by atoms with van der Waals surface area (Å²) in [5, 5.41) is 0. The van der Waals surface area contributed by atoms with Crippen LogP contribution >= 0.6 is 0 Å². The molecule has 1 fully saturated rings. The third-order valence-corrected chi connectivity index (χ3v) is 6.47. The van der Waals surface area contributed by atoms with Crippen molar-refractivity contribution < 1.29 is 38.0 Å². The fourth-order valence-electron chi connectivity index (χ4n) is 4.43. The predicted molar refractivity (Wildman–Crippen MR) is 136 cm³/mol. The number of cyclic esters (lactones) is 1. The molecule has 0 aliphatic carbocycles. The summed E-state index contributed by atoms with van der Waals surface area (Å²) in [6, 6.07) is 17.7. The van der Waals surface area contributed by atoms with Gasteiger partial charge < -0.3 is 28.4 Å². The van der Waals surface area contributed by atoms with Crippen LogP contribution in [0.4, 0.5) is 0 Å². The molecule has 8 heteroatoms. The van der Waals surface area contributed by atoms with Gasteiger partial charge in [0.25, 0.3) is 0 Å². The number of benzene rings is 3. The molecule has 37 heavy (non-hydrogen) atoms. The third kappa shape index (κ3) is 5.97. The summed E-state index contributed by atoms with van der Waals surface area (Å²) >= 11 is 0. The van der Waals surface area contributed by atoms with Gasteiger partial charge in [0.2, 0.25) is 0 Å². The Hall–Kier alpha value is -4.20. The van der Waals surface area contributed by atoms with Crippen LogP contribution in [0, 0.1) is 11.8 Å². The first-order valence-corrected chi connectivity index (χ1v) is 11.9. The second-order valence-corrected chi connectivity index (χ2v) is 8.70. The summed E-state index contributed by atoms with van der Waals surface area (Å²) in [6.07, 6.45) is 1.13. The average Bonchev–Trinajstić information content (AvgIpc) is 3.27. The maximum Gasteiger partial charge on any atom is 0.343 e. The van der Waals surface area contributed by atoms with E-state index in [1.807, 2.05) is 24.3 Å². The van der Waals surface area contributed by atoms with E-state index >= 15 is 0 Å². The number of carbonyl (C=O) groups excluding carboxylic acids is 2. The van der Waals surface area contributed by atoms with Crippen LogP contribution in [0.1, 0.15) is 21.5 Å². The Balaban J connectivity index is 1.46. The standard InChI is InChI=1S/C29H30O8/c1-32-22-9-7-20(8-10-22)28(30)37-25-12-6-19(16-27(25)35-4)14-23-21(17-36-29(23)31)13-18-5-11-24(33-2)26(15-18)34-3/h5-12,15-16,21,23H,13-14,17H2,1-4H3/t21-,23+/m0/s1. The van der Waals surface area contributed by atoms with Crippen molar-refractivity contribution in [1.29, 1.82) is 0 Å². The summed E-state index contributed by atoms with van der Waals surface area (Å²) in [5.41, 5.74) is 2.30. The Labute approximate surface area is 216 Å². The highest BCUT2D eigenvalue weighted by atomic mass is 16.6. The summed E-state index contributed by atoms with van der Waals surface area (Å²) in [6.45, 7) is 0.354. The van der Waals surface area contributed by atoms with Gasteiger partial charge in [0.1, 0.15) is 5.75 Å². The lowest BCUT2D eigenvalue weighted by atomic mass is 9.85.